The minimum atomic E-state index is -0.744. The van der Waals surface area contributed by atoms with Crippen molar-refractivity contribution in [3.63, 3.8) is 0 Å². The second-order valence-electron chi connectivity index (χ2n) is 7.38. The minimum absolute atomic E-state index is 0.00794. The van der Waals surface area contributed by atoms with Crippen LogP contribution in [0.25, 0.3) is 0 Å². The van der Waals surface area contributed by atoms with E-state index in [0.717, 1.165) is 17.4 Å². The number of methoxy groups -OCH3 is 2. The van der Waals surface area contributed by atoms with Crippen molar-refractivity contribution in [2.45, 2.75) is 13.8 Å². The maximum atomic E-state index is 13.2. The second-order valence-corrected chi connectivity index (χ2v) is 8.81. The van der Waals surface area contributed by atoms with Gasteiger partial charge in [-0.25, -0.2) is 4.79 Å². The number of ether oxygens (including phenoxy) is 3. The Hall–Kier alpha value is -4.16. The van der Waals surface area contributed by atoms with E-state index in [2.05, 4.69) is 10.6 Å². The number of hydrogen-bond acceptors (Lipinski definition) is 9. The van der Waals surface area contributed by atoms with E-state index in [0.29, 0.717) is 17.2 Å². The van der Waals surface area contributed by atoms with Crippen LogP contribution in [0.3, 0.4) is 0 Å². The molecule has 0 aliphatic heterocycles. The van der Waals surface area contributed by atoms with Gasteiger partial charge in [0.1, 0.15) is 21.5 Å². The van der Waals surface area contributed by atoms with Crippen molar-refractivity contribution in [3.05, 3.63) is 73.1 Å². The molecule has 2 amide bonds. The molecule has 3 rings (SSSR count). The molecule has 0 spiro atoms. The first kappa shape index (κ1) is 27.4. The van der Waals surface area contributed by atoms with Crippen LogP contribution in [0.4, 0.5) is 16.4 Å². The molecule has 0 aliphatic carbocycles. The van der Waals surface area contributed by atoms with Crippen LogP contribution in [0.1, 0.15) is 42.9 Å². The van der Waals surface area contributed by atoms with Crippen LogP contribution in [-0.4, -0.2) is 43.5 Å². The Morgan fingerprint density at radius 2 is 1.78 bits per heavy atom. The van der Waals surface area contributed by atoms with Crippen molar-refractivity contribution in [2.24, 2.45) is 0 Å². The Labute approximate surface area is 220 Å². The first-order valence-electron chi connectivity index (χ1n) is 10.7. The molecular formula is C24H22ClN3O8S. The van der Waals surface area contributed by atoms with Gasteiger partial charge in [-0.05, 0) is 43.7 Å². The molecular weight excluding hydrogens is 526 g/mol. The molecule has 0 aliphatic rings. The van der Waals surface area contributed by atoms with Gasteiger partial charge in [0.15, 0.2) is 0 Å². The largest absolute Gasteiger partial charge is 0.497 e. The summed E-state index contributed by atoms with van der Waals surface area (Å²) in [6.07, 6.45) is 0. The summed E-state index contributed by atoms with van der Waals surface area (Å²) in [6, 6.07) is 8.40. The number of nitro benzene ring substituents is 1. The Balaban J connectivity index is 1.99. The summed E-state index contributed by atoms with van der Waals surface area (Å²) in [6.45, 7) is 3.23. The van der Waals surface area contributed by atoms with Crippen molar-refractivity contribution >= 4 is 57.1 Å². The van der Waals surface area contributed by atoms with E-state index < -0.39 is 28.4 Å². The number of nitrogens with zero attached hydrogens (tertiary/aromatic N) is 1. The van der Waals surface area contributed by atoms with Crippen LogP contribution in [-0.2, 0) is 4.74 Å². The number of benzene rings is 2. The third kappa shape index (κ3) is 5.98. The number of rotatable bonds is 9. The van der Waals surface area contributed by atoms with Gasteiger partial charge in [0.2, 0.25) is 0 Å². The number of carbonyl (C=O) groups is 3. The van der Waals surface area contributed by atoms with Crippen LogP contribution in [0, 0.1) is 17.0 Å². The molecule has 0 saturated carbocycles. The van der Waals surface area contributed by atoms with Crippen LogP contribution < -0.4 is 20.1 Å². The lowest BCUT2D eigenvalue weighted by molar-refractivity contribution is -0.384. The predicted octanol–water partition coefficient (Wildman–Crippen LogP) is 5.32. The summed E-state index contributed by atoms with van der Waals surface area (Å²) < 4.78 is 15.6. The molecule has 194 valence electrons. The SMILES string of the molecule is CCOC(=O)c1c(NC(=O)c2ccc(Cl)c([N+](=O)[O-])c2)sc(C(=O)Nc2cc(OC)ccc2OC)c1C. The van der Waals surface area contributed by atoms with Gasteiger partial charge < -0.3 is 24.8 Å². The zero-order valence-corrected chi connectivity index (χ0v) is 21.7. The molecule has 0 unspecified atom stereocenters. The van der Waals surface area contributed by atoms with Gasteiger partial charge in [0, 0.05) is 17.7 Å². The molecule has 3 aromatic rings. The number of nitro groups is 1. The van der Waals surface area contributed by atoms with Crippen molar-refractivity contribution in [1.82, 2.24) is 0 Å². The predicted molar refractivity (Wildman–Crippen MR) is 139 cm³/mol. The summed E-state index contributed by atoms with van der Waals surface area (Å²) in [5.74, 6) is -1.19. The topological polar surface area (TPSA) is 146 Å². The van der Waals surface area contributed by atoms with Gasteiger partial charge in [0.05, 0.1) is 41.9 Å². The summed E-state index contributed by atoms with van der Waals surface area (Å²) in [4.78, 5) is 49.5. The normalized spacial score (nSPS) is 10.4. The molecule has 0 atom stereocenters. The van der Waals surface area contributed by atoms with Crippen LogP contribution in [0.15, 0.2) is 36.4 Å². The zero-order chi connectivity index (χ0) is 27.3. The Morgan fingerprint density at radius 3 is 2.41 bits per heavy atom. The summed E-state index contributed by atoms with van der Waals surface area (Å²) >= 11 is 6.68. The average Bonchev–Trinajstić information content (AvgIpc) is 3.19. The molecule has 2 N–H and O–H groups in total. The maximum absolute atomic E-state index is 13.2. The highest BCUT2D eigenvalue weighted by molar-refractivity contribution is 7.19. The van der Waals surface area contributed by atoms with E-state index >= 15 is 0 Å². The summed E-state index contributed by atoms with van der Waals surface area (Å²) in [5, 5.41) is 16.4. The standard InChI is InChI=1S/C24H22ClN3O8S/c1-5-36-24(31)19-12(2)20(22(30)26-16-11-14(34-3)7-9-18(16)35-4)37-23(19)27-21(29)13-6-8-15(25)17(10-13)28(32)33/h6-11H,5H2,1-4H3,(H,26,30)(H,27,29). The highest BCUT2D eigenvalue weighted by atomic mass is 35.5. The minimum Gasteiger partial charge on any atom is -0.497 e. The molecule has 0 saturated heterocycles. The van der Waals surface area contributed by atoms with Gasteiger partial charge in [-0.3, -0.25) is 19.7 Å². The van der Waals surface area contributed by atoms with Crippen molar-refractivity contribution in [3.8, 4) is 11.5 Å². The fourth-order valence-corrected chi connectivity index (χ4v) is 4.60. The highest BCUT2D eigenvalue weighted by Crippen LogP contribution is 2.36. The summed E-state index contributed by atoms with van der Waals surface area (Å²) in [5.41, 5.74) is 0.0849. The third-order valence-electron chi connectivity index (χ3n) is 5.12. The van der Waals surface area contributed by atoms with Gasteiger partial charge >= 0.3 is 5.97 Å². The van der Waals surface area contributed by atoms with E-state index in [-0.39, 0.29) is 38.2 Å². The van der Waals surface area contributed by atoms with Gasteiger partial charge in [0.25, 0.3) is 17.5 Å². The van der Waals surface area contributed by atoms with E-state index in [9.17, 15) is 24.5 Å². The second kappa shape index (κ2) is 11.7. The fraction of sp³-hybridized carbons (Fsp3) is 0.208. The third-order valence-corrected chi connectivity index (χ3v) is 6.65. The number of carbonyl (C=O) groups excluding carboxylic acids is 3. The van der Waals surface area contributed by atoms with E-state index in [1.807, 2.05) is 0 Å². The van der Waals surface area contributed by atoms with Crippen molar-refractivity contribution in [2.75, 3.05) is 31.5 Å². The van der Waals surface area contributed by atoms with Gasteiger partial charge in [-0.2, -0.15) is 0 Å². The number of anilines is 2. The van der Waals surface area contributed by atoms with Gasteiger partial charge in [-0.1, -0.05) is 11.6 Å². The van der Waals surface area contributed by atoms with E-state index in [1.165, 1.54) is 26.4 Å². The number of nitrogens with one attached hydrogen (secondary N) is 2. The van der Waals surface area contributed by atoms with E-state index in [1.54, 1.807) is 32.0 Å². The lowest BCUT2D eigenvalue weighted by Gasteiger charge is -2.11. The number of halogens is 1. The molecule has 0 radical (unpaired) electrons. The lowest BCUT2D eigenvalue weighted by Crippen LogP contribution is -2.15. The van der Waals surface area contributed by atoms with Crippen LogP contribution in [0.2, 0.25) is 5.02 Å². The Kier molecular flexibility index (Phi) is 8.69. The molecule has 2 aromatic carbocycles. The number of esters is 1. The van der Waals surface area contributed by atoms with Crippen LogP contribution >= 0.6 is 22.9 Å². The smallest absolute Gasteiger partial charge is 0.341 e. The molecule has 1 heterocycles. The molecule has 37 heavy (non-hydrogen) atoms. The first-order chi connectivity index (χ1) is 17.6. The molecule has 13 heteroatoms. The molecule has 0 bridgehead atoms. The molecule has 0 fully saturated rings. The fourth-order valence-electron chi connectivity index (χ4n) is 3.33. The molecule has 1 aromatic heterocycles. The zero-order valence-electron chi connectivity index (χ0n) is 20.2. The average molecular weight is 548 g/mol. The van der Waals surface area contributed by atoms with Crippen molar-refractivity contribution in [1.29, 1.82) is 0 Å². The van der Waals surface area contributed by atoms with E-state index in [4.69, 9.17) is 25.8 Å². The van der Waals surface area contributed by atoms with Crippen molar-refractivity contribution < 1.29 is 33.5 Å². The van der Waals surface area contributed by atoms with Crippen LogP contribution in [0.5, 0.6) is 11.5 Å². The Morgan fingerprint density at radius 1 is 1.05 bits per heavy atom. The number of hydrogen-bond donors (Lipinski definition) is 2. The monoisotopic (exact) mass is 547 g/mol. The van der Waals surface area contributed by atoms with Gasteiger partial charge in [-0.15, -0.1) is 11.3 Å². The Bertz CT molecular complexity index is 1390. The quantitative estimate of drug-likeness (QED) is 0.208. The summed E-state index contributed by atoms with van der Waals surface area (Å²) in [7, 11) is 2.92. The number of thiophene rings is 1. The lowest BCUT2D eigenvalue weighted by atomic mass is 10.1. The maximum Gasteiger partial charge on any atom is 0.341 e. The highest BCUT2D eigenvalue weighted by Gasteiger charge is 2.28. The number of amides is 2. The first-order valence-corrected chi connectivity index (χ1v) is 11.9. The molecule has 11 nitrogen and oxygen atoms in total.